The molecule has 5 heteroatoms. The molecule has 2 heterocycles. The highest BCUT2D eigenvalue weighted by molar-refractivity contribution is 7.07. The van der Waals surface area contributed by atoms with Crippen molar-refractivity contribution in [1.29, 1.82) is 0 Å². The Hall–Kier alpha value is -2.79. The molecule has 0 N–H and O–H groups in total. The Morgan fingerprint density at radius 1 is 1.27 bits per heavy atom. The number of hydrogen-bond donors (Lipinski definition) is 0. The summed E-state index contributed by atoms with van der Waals surface area (Å²) in [6.07, 6.45) is 5.35. The Balaban J connectivity index is 2.09. The summed E-state index contributed by atoms with van der Waals surface area (Å²) < 4.78 is 1.89. The SMILES string of the molecule is C=C(C)CN=c1scc(-c2ccc(C)c(C)c2)n1N=Cc1cccnc1. The summed E-state index contributed by atoms with van der Waals surface area (Å²) in [5.41, 5.74) is 6.67. The number of hydrogen-bond acceptors (Lipinski definition) is 4. The maximum Gasteiger partial charge on any atom is 0.206 e. The third kappa shape index (κ3) is 4.24. The fraction of sp³-hybridized carbons (Fsp3) is 0.190. The van der Waals surface area contributed by atoms with E-state index in [1.165, 1.54) is 11.1 Å². The first-order valence-electron chi connectivity index (χ1n) is 8.42. The van der Waals surface area contributed by atoms with Crippen LogP contribution in [0.1, 0.15) is 23.6 Å². The maximum atomic E-state index is 4.68. The normalized spacial score (nSPS) is 12.0. The van der Waals surface area contributed by atoms with Crippen LogP contribution in [0.5, 0.6) is 0 Å². The predicted octanol–water partition coefficient (Wildman–Crippen LogP) is 4.59. The highest BCUT2D eigenvalue weighted by Crippen LogP contribution is 2.23. The third-order valence-electron chi connectivity index (χ3n) is 3.98. The van der Waals surface area contributed by atoms with Crippen LogP contribution >= 0.6 is 11.3 Å². The van der Waals surface area contributed by atoms with Gasteiger partial charge >= 0.3 is 0 Å². The molecule has 0 fully saturated rings. The fourth-order valence-electron chi connectivity index (χ4n) is 2.40. The minimum atomic E-state index is 0.593. The second-order valence-electron chi connectivity index (χ2n) is 6.32. The van der Waals surface area contributed by atoms with Gasteiger partial charge in [-0.3, -0.25) is 9.98 Å². The first-order chi connectivity index (χ1) is 12.5. The quantitative estimate of drug-likeness (QED) is 0.483. The number of thiazole rings is 1. The molecule has 0 aliphatic carbocycles. The van der Waals surface area contributed by atoms with E-state index in [1.54, 1.807) is 23.7 Å². The molecule has 0 aliphatic rings. The average Bonchev–Trinajstić information content (AvgIpc) is 3.04. The summed E-state index contributed by atoms with van der Waals surface area (Å²) in [5, 5.41) is 6.78. The standard InChI is InChI=1S/C21H22N4S/c1-15(2)11-23-21-25(24-13-18-6-5-9-22-12-18)20(14-26-21)19-8-7-16(3)17(4)10-19/h5-10,12-14H,1,11H2,2-4H3. The molecule has 3 rings (SSSR count). The second kappa shape index (κ2) is 8.06. The molecule has 0 bridgehead atoms. The molecule has 2 aromatic heterocycles. The van der Waals surface area contributed by atoms with Crippen molar-refractivity contribution in [3.05, 3.63) is 81.7 Å². The van der Waals surface area contributed by atoms with E-state index in [2.05, 4.69) is 59.1 Å². The molecule has 0 unspecified atom stereocenters. The van der Waals surface area contributed by atoms with Crippen molar-refractivity contribution in [2.45, 2.75) is 20.8 Å². The summed E-state index contributed by atoms with van der Waals surface area (Å²) in [5.74, 6) is 0. The molecule has 0 amide bonds. The van der Waals surface area contributed by atoms with Crippen LogP contribution in [0.25, 0.3) is 11.3 Å². The lowest BCUT2D eigenvalue weighted by Crippen LogP contribution is -2.13. The van der Waals surface area contributed by atoms with E-state index in [-0.39, 0.29) is 0 Å². The Bertz CT molecular complexity index is 1010. The zero-order chi connectivity index (χ0) is 18.5. The minimum Gasteiger partial charge on any atom is -0.264 e. The van der Waals surface area contributed by atoms with Crippen LogP contribution in [0.15, 0.2) is 70.4 Å². The number of benzene rings is 1. The van der Waals surface area contributed by atoms with Crippen LogP contribution in [-0.2, 0) is 0 Å². The lowest BCUT2D eigenvalue weighted by Gasteiger charge is -2.06. The van der Waals surface area contributed by atoms with E-state index < -0.39 is 0 Å². The largest absolute Gasteiger partial charge is 0.264 e. The van der Waals surface area contributed by atoms with E-state index in [0.717, 1.165) is 27.2 Å². The van der Waals surface area contributed by atoms with Gasteiger partial charge in [-0.2, -0.15) is 5.10 Å². The van der Waals surface area contributed by atoms with Gasteiger partial charge in [0.1, 0.15) is 0 Å². The number of aromatic nitrogens is 2. The average molecular weight is 363 g/mol. The molecule has 4 nitrogen and oxygen atoms in total. The summed E-state index contributed by atoms with van der Waals surface area (Å²) in [7, 11) is 0. The van der Waals surface area contributed by atoms with Crippen LogP contribution in [0.4, 0.5) is 0 Å². The van der Waals surface area contributed by atoms with Crippen LogP contribution < -0.4 is 4.80 Å². The second-order valence-corrected chi connectivity index (χ2v) is 7.16. The van der Waals surface area contributed by atoms with Crippen LogP contribution in [0, 0.1) is 13.8 Å². The van der Waals surface area contributed by atoms with Gasteiger partial charge in [0.15, 0.2) is 0 Å². The van der Waals surface area contributed by atoms with Gasteiger partial charge in [0, 0.05) is 28.9 Å². The summed E-state index contributed by atoms with van der Waals surface area (Å²) in [6, 6.07) is 10.3. The molecule has 0 aliphatic heterocycles. The van der Waals surface area contributed by atoms with Gasteiger partial charge in [0.25, 0.3) is 0 Å². The number of rotatable bonds is 5. The van der Waals surface area contributed by atoms with Gasteiger partial charge in [0.05, 0.1) is 18.5 Å². The number of pyridine rings is 1. The molecule has 0 radical (unpaired) electrons. The molecule has 0 spiro atoms. The van der Waals surface area contributed by atoms with Gasteiger partial charge < -0.3 is 0 Å². The van der Waals surface area contributed by atoms with Gasteiger partial charge in [-0.05, 0) is 44.0 Å². The van der Waals surface area contributed by atoms with E-state index in [9.17, 15) is 0 Å². The zero-order valence-corrected chi connectivity index (χ0v) is 16.1. The van der Waals surface area contributed by atoms with Gasteiger partial charge in [0.2, 0.25) is 4.80 Å². The van der Waals surface area contributed by atoms with Crippen molar-refractivity contribution >= 4 is 17.6 Å². The van der Waals surface area contributed by atoms with E-state index in [4.69, 9.17) is 0 Å². The van der Waals surface area contributed by atoms with Crippen molar-refractivity contribution < 1.29 is 0 Å². The Morgan fingerprint density at radius 3 is 2.81 bits per heavy atom. The molecule has 132 valence electrons. The fourth-order valence-corrected chi connectivity index (χ4v) is 3.24. The summed E-state index contributed by atoms with van der Waals surface area (Å²) >= 11 is 1.58. The number of nitrogens with zero attached hydrogens (tertiary/aromatic N) is 4. The summed E-state index contributed by atoms with van der Waals surface area (Å²) in [6.45, 7) is 10.7. The van der Waals surface area contributed by atoms with E-state index in [0.29, 0.717) is 6.54 Å². The first-order valence-corrected chi connectivity index (χ1v) is 9.30. The highest BCUT2D eigenvalue weighted by Gasteiger charge is 2.08. The molecule has 0 atom stereocenters. The molecule has 1 aromatic carbocycles. The van der Waals surface area contributed by atoms with Gasteiger partial charge in [-0.25, -0.2) is 4.68 Å². The zero-order valence-electron chi connectivity index (χ0n) is 15.3. The minimum absolute atomic E-state index is 0.593. The van der Waals surface area contributed by atoms with Crippen molar-refractivity contribution in [3.63, 3.8) is 0 Å². The first kappa shape index (κ1) is 18.0. The summed E-state index contributed by atoms with van der Waals surface area (Å²) in [4.78, 5) is 9.64. The van der Waals surface area contributed by atoms with Gasteiger partial charge in [-0.15, -0.1) is 11.3 Å². The van der Waals surface area contributed by atoms with Crippen LogP contribution in [0.2, 0.25) is 0 Å². The molecule has 26 heavy (non-hydrogen) atoms. The molecule has 0 saturated heterocycles. The molecule has 0 saturated carbocycles. The Kier molecular flexibility index (Phi) is 5.58. The molecular formula is C21H22N4S. The van der Waals surface area contributed by atoms with Crippen molar-refractivity contribution in [2.24, 2.45) is 10.1 Å². The predicted molar refractivity (Wildman–Crippen MR) is 110 cm³/mol. The lowest BCUT2D eigenvalue weighted by atomic mass is 10.1. The molecule has 3 aromatic rings. The third-order valence-corrected chi connectivity index (χ3v) is 4.83. The van der Waals surface area contributed by atoms with Gasteiger partial charge in [-0.1, -0.05) is 30.4 Å². The van der Waals surface area contributed by atoms with Crippen molar-refractivity contribution in [1.82, 2.24) is 9.66 Å². The Morgan fingerprint density at radius 2 is 2.12 bits per heavy atom. The topological polar surface area (TPSA) is 42.5 Å². The lowest BCUT2D eigenvalue weighted by molar-refractivity contribution is 0.836. The monoisotopic (exact) mass is 362 g/mol. The van der Waals surface area contributed by atoms with E-state index in [1.807, 2.05) is 29.9 Å². The molecular weight excluding hydrogens is 340 g/mol. The van der Waals surface area contributed by atoms with Crippen molar-refractivity contribution in [3.8, 4) is 11.3 Å². The van der Waals surface area contributed by atoms with Crippen LogP contribution in [0.3, 0.4) is 0 Å². The smallest absolute Gasteiger partial charge is 0.206 e. The maximum absolute atomic E-state index is 4.68. The van der Waals surface area contributed by atoms with E-state index >= 15 is 0 Å². The van der Waals surface area contributed by atoms with Crippen LogP contribution in [-0.4, -0.2) is 22.4 Å². The van der Waals surface area contributed by atoms with Crippen molar-refractivity contribution in [2.75, 3.05) is 6.54 Å². The highest BCUT2D eigenvalue weighted by atomic mass is 32.1. The Labute approximate surface area is 157 Å². The number of aryl methyl sites for hydroxylation is 2.